The third kappa shape index (κ3) is 6.98. The first-order valence-electron chi connectivity index (χ1n) is 14.5. The van der Waals surface area contributed by atoms with Crippen molar-refractivity contribution in [1.29, 1.82) is 0 Å². The van der Waals surface area contributed by atoms with Crippen LogP contribution in [0.4, 0.5) is 5.69 Å². The predicted octanol–water partition coefficient (Wildman–Crippen LogP) is 4.56. The molecule has 0 saturated carbocycles. The number of carbonyl (C=O) groups is 1. The predicted molar refractivity (Wildman–Crippen MR) is 158 cm³/mol. The average Bonchev–Trinajstić information content (AvgIpc) is 3.35. The largest absolute Gasteiger partial charge is 0.369 e. The van der Waals surface area contributed by atoms with E-state index in [-0.39, 0.29) is 23.6 Å². The second-order valence-electron chi connectivity index (χ2n) is 10.7. The van der Waals surface area contributed by atoms with Gasteiger partial charge >= 0.3 is 5.69 Å². The van der Waals surface area contributed by atoms with Crippen LogP contribution in [-0.4, -0.2) is 75.9 Å². The number of aromatic nitrogens is 3. The lowest BCUT2D eigenvalue weighted by Crippen LogP contribution is -2.47. The van der Waals surface area contributed by atoms with E-state index in [1.165, 1.54) is 4.68 Å². The molecule has 1 amide bonds. The van der Waals surface area contributed by atoms with Crippen LogP contribution in [0, 0.1) is 0 Å². The van der Waals surface area contributed by atoms with Gasteiger partial charge in [0.25, 0.3) is 0 Å². The lowest BCUT2D eigenvalue weighted by atomic mass is 9.93. The summed E-state index contributed by atoms with van der Waals surface area (Å²) in [6.07, 6.45) is 4.39. The lowest BCUT2D eigenvalue weighted by Gasteiger charge is -2.37. The molecule has 4 rings (SSSR count). The molecule has 210 valence electrons. The Morgan fingerprint density at radius 1 is 0.897 bits per heavy atom. The van der Waals surface area contributed by atoms with Crippen molar-refractivity contribution in [2.24, 2.45) is 0 Å². The molecule has 1 unspecified atom stereocenters. The molecule has 1 aliphatic rings. The quantitative estimate of drug-likeness (QED) is 0.342. The van der Waals surface area contributed by atoms with Crippen molar-refractivity contribution in [1.82, 2.24) is 24.1 Å². The number of hydrogen-bond donors (Lipinski definition) is 0. The summed E-state index contributed by atoms with van der Waals surface area (Å²) < 4.78 is 3.09. The van der Waals surface area contributed by atoms with Gasteiger partial charge in [-0.3, -0.25) is 14.3 Å². The molecule has 0 N–H and O–H groups in total. The van der Waals surface area contributed by atoms with Gasteiger partial charge in [0.2, 0.25) is 5.91 Å². The van der Waals surface area contributed by atoms with Crippen LogP contribution in [0.3, 0.4) is 0 Å². The maximum absolute atomic E-state index is 13.6. The molecule has 1 atom stereocenters. The van der Waals surface area contributed by atoms with Crippen LogP contribution in [0.5, 0.6) is 0 Å². The Kier molecular flexibility index (Phi) is 9.98. The van der Waals surface area contributed by atoms with Crippen LogP contribution >= 0.6 is 0 Å². The van der Waals surface area contributed by atoms with Crippen molar-refractivity contribution in [3.8, 4) is 5.69 Å². The highest BCUT2D eigenvalue weighted by molar-refractivity contribution is 5.83. The standard InChI is InChI=1S/C31H44N6O2/c1-5-17-35(18-6-2)30(38)29(26-10-8-7-9-11-26)16-19-33-20-22-34(23-21-33)27-12-14-28(15-13-27)37-31(39)36(24-32-37)25(3)4/h7-15,24-25,29H,5-6,16-23H2,1-4H3. The zero-order chi connectivity index (χ0) is 27.8. The van der Waals surface area contributed by atoms with Crippen molar-refractivity contribution in [2.45, 2.75) is 58.9 Å². The van der Waals surface area contributed by atoms with Crippen LogP contribution in [0.1, 0.15) is 64.5 Å². The molecule has 1 saturated heterocycles. The van der Waals surface area contributed by atoms with Crippen molar-refractivity contribution < 1.29 is 4.79 Å². The van der Waals surface area contributed by atoms with Gasteiger partial charge in [-0.15, -0.1) is 0 Å². The van der Waals surface area contributed by atoms with Gasteiger partial charge in [0.15, 0.2) is 0 Å². The Hall–Kier alpha value is -3.39. The molecule has 0 aliphatic carbocycles. The molecule has 1 fully saturated rings. The molecular weight excluding hydrogens is 488 g/mol. The second-order valence-corrected chi connectivity index (χ2v) is 10.7. The third-order valence-corrected chi connectivity index (χ3v) is 7.61. The van der Waals surface area contributed by atoms with Crippen LogP contribution in [-0.2, 0) is 4.79 Å². The lowest BCUT2D eigenvalue weighted by molar-refractivity contribution is -0.133. The molecule has 3 aromatic rings. The highest BCUT2D eigenvalue weighted by atomic mass is 16.2. The Morgan fingerprint density at radius 2 is 1.51 bits per heavy atom. The van der Waals surface area contributed by atoms with Gasteiger partial charge in [-0.2, -0.15) is 9.78 Å². The molecule has 2 aromatic carbocycles. The fourth-order valence-electron chi connectivity index (χ4n) is 5.40. The van der Waals surface area contributed by atoms with Crippen LogP contribution in [0.25, 0.3) is 5.69 Å². The smallest absolute Gasteiger partial charge is 0.350 e. The topological polar surface area (TPSA) is 66.6 Å². The fraction of sp³-hybridized carbons (Fsp3) is 0.516. The van der Waals surface area contributed by atoms with E-state index in [1.807, 2.05) is 44.2 Å². The number of amides is 1. The van der Waals surface area contributed by atoms with E-state index in [0.717, 1.165) is 82.0 Å². The molecular formula is C31H44N6O2. The molecule has 8 nitrogen and oxygen atoms in total. The summed E-state index contributed by atoms with van der Waals surface area (Å²) in [6.45, 7) is 14.6. The number of benzene rings is 2. The molecule has 39 heavy (non-hydrogen) atoms. The zero-order valence-corrected chi connectivity index (χ0v) is 24.0. The van der Waals surface area contributed by atoms with E-state index >= 15 is 0 Å². The van der Waals surface area contributed by atoms with E-state index < -0.39 is 0 Å². The number of hydrogen-bond acceptors (Lipinski definition) is 5. The molecule has 1 aliphatic heterocycles. The number of anilines is 1. The SMILES string of the molecule is CCCN(CCC)C(=O)C(CCN1CCN(c2ccc(-n3ncn(C(C)C)c3=O)cc2)CC1)c1ccccc1. The molecule has 0 radical (unpaired) electrons. The van der Waals surface area contributed by atoms with Gasteiger partial charge in [-0.1, -0.05) is 44.2 Å². The number of carbonyl (C=O) groups excluding carboxylic acids is 1. The van der Waals surface area contributed by atoms with Crippen LogP contribution in [0.2, 0.25) is 0 Å². The fourth-order valence-corrected chi connectivity index (χ4v) is 5.40. The van der Waals surface area contributed by atoms with E-state index in [9.17, 15) is 9.59 Å². The third-order valence-electron chi connectivity index (χ3n) is 7.61. The number of rotatable bonds is 12. The molecule has 2 heterocycles. The van der Waals surface area contributed by atoms with Gasteiger partial charge in [0.05, 0.1) is 11.6 Å². The van der Waals surface area contributed by atoms with Gasteiger partial charge in [0.1, 0.15) is 6.33 Å². The maximum atomic E-state index is 13.6. The summed E-state index contributed by atoms with van der Waals surface area (Å²) in [6, 6.07) is 18.5. The minimum absolute atomic E-state index is 0.0783. The minimum atomic E-state index is -0.119. The van der Waals surface area contributed by atoms with Gasteiger partial charge < -0.3 is 9.80 Å². The Labute approximate surface area is 232 Å². The highest BCUT2D eigenvalue weighted by Crippen LogP contribution is 2.25. The number of nitrogens with zero attached hydrogens (tertiary/aromatic N) is 6. The van der Waals surface area contributed by atoms with Crippen molar-refractivity contribution >= 4 is 11.6 Å². The second kappa shape index (κ2) is 13.6. The van der Waals surface area contributed by atoms with Gasteiger partial charge in [-0.25, -0.2) is 4.79 Å². The van der Waals surface area contributed by atoms with Crippen LogP contribution in [0.15, 0.2) is 65.7 Å². The van der Waals surface area contributed by atoms with Crippen molar-refractivity contribution in [2.75, 3.05) is 50.7 Å². The van der Waals surface area contributed by atoms with Gasteiger partial charge in [0, 0.05) is 51.0 Å². The summed E-state index contributed by atoms with van der Waals surface area (Å²) in [5, 5.41) is 4.28. The first-order chi connectivity index (χ1) is 18.9. The van der Waals surface area contributed by atoms with Crippen molar-refractivity contribution in [3.63, 3.8) is 0 Å². The summed E-state index contributed by atoms with van der Waals surface area (Å²) in [5.41, 5.74) is 2.93. The molecule has 8 heteroatoms. The van der Waals surface area contributed by atoms with E-state index in [2.05, 4.69) is 57.9 Å². The summed E-state index contributed by atoms with van der Waals surface area (Å²) in [5.74, 6) is 0.165. The molecule has 0 spiro atoms. The average molecular weight is 533 g/mol. The summed E-state index contributed by atoms with van der Waals surface area (Å²) in [4.78, 5) is 33.1. The molecule has 0 bridgehead atoms. The van der Waals surface area contributed by atoms with E-state index in [1.54, 1.807) is 10.9 Å². The minimum Gasteiger partial charge on any atom is -0.369 e. The first-order valence-corrected chi connectivity index (χ1v) is 14.5. The Bertz CT molecular complexity index is 1220. The Morgan fingerprint density at radius 3 is 2.08 bits per heavy atom. The zero-order valence-electron chi connectivity index (χ0n) is 24.0. The summed E-state index contributed by atoms with van der Waals surface area (Å²) >= 11 is 0. The van der Waals surface area contributed by atoms with Crippen molar-refractivity contribution in [3.05, 3.63) is 77.0 Å². The monoisotopic (exact) mass is 532 g/mol. The van der Waals surface area contributed by atoms with E-state index in [0.29, 0.717) is 0 Å². The van der Waals surface area contributed by atoms with Gasteiger partial charge in [-0.05, 0) is 69.5 Å². The Balaban J connectivity index is 1.35. The van der Waals surface area contributed by atoms with Crippen LogP contribution < -0.4 is 10.6 Å². The first kappa shape index (κ1) is 28.6. The van der Waals surface area contributed by atoms with E-state index in [4.69, 9.17) is 0 Å². The summed E-state index contributed by atoms with van der Waals surface area (Å²) in [7, 11) is 0. The highest BCUT2D eigenvalue weighted by Gasteiger charge is 2.27. The maximum Gasteiger partial charge on any atom is 0.350 e. The number of piperazine rings is 1. The normalized spacial score (nSPS) is 15.1. The molecule has 1 aromatic heterocycles.